The molecule has 2 aliphatic carbocycles. The standard InChI is InChI=1S/C7H11O4P/c8-12(9,10)11-7-4-5-1-2-6(7)3-5/h4-6H,1-3H2,(H2,8,9,10). The van der Waals surface area contributed by atoms with Gasteiger partial charge in [-0.2, -0.15) is 0 Å². The van der Waals surface area contributed by atoms with Gasteiger partial charge in [0.25, 0.3) is 0 Å². The Hall–Kier alpha value is -0.310. The average Bonchev–Trinajstić information content (AvgIpc) is 2.42. The third kappa shape index (κ3) is 1.56. The van der Waals surface area contributed by atoms with E-state index in [-0.39, 0.29) is 5.92 Å². The third-order valence-corrected chi connectivity index (χ3v) is 2.95. The van der Waals surface area contributed by atoms with Crippen LogP contribution in [0.2, 0.25) is 0 Å². The lowest BCUT2D eigenvalue weighted by atomic mass is 10.1. The summed E-state index contributed by atoms with van der Waals surface area (Å²) < 4.78 is 15.1. The van der Waals surface area contributed by atoms with Crippen molar-refractivity contribution < 1.29 is 18.9 Å². The Balaban J connectivity index is 2.07. The second-order valence-electron chi connectivity index (χ2n) is 3.42. The molecule has 0 aromatic carbocycles. The molecule has 2 N–H and O–H groups in total. The van der Waals surface area contributed by atoms with Gasteiger partial charge < -0.3 is 4.52 Å². The number of phosphoric acid groups is 1. The van der Waals surface area contributed by atoms with Gasteiger partial charge in [-0.3, -0.25) is 9.79 Å². The summed E-state index contributed by atoms with van der Waals surface area (Å²) in [6.45, 7) is 0. The van der Waals surface area contributed by atoms with Gasteiger partial charge in [-0.1, -0.05) is 0 Å². The van der Waals surface area contributed by atoms with Crippen molar-refractivity contribution in [3.63, 3.8) is 0 Å². The highest BCUT2D eigenvalue weighted by Crippen LogP contribution is 2.50. The molecular weight excluding hydrogens is 179 g/mol. The molecule has 2 bridgehead atoms. The minimum absolute atomic E-state index is 0.266. The van der Waals surface area contributed by atoms with Crippen LogP contribution in [0.4, 0.5) is 0 Å². The summed E-state index contributed by atoms with van der Waals surface area (Å²) in [6.07, 6.45) is 5.01. The molecule has 1 saturated carbocycles. The molecule has 0 heterocycles. The molecule has 2 atom stereocenters. The number of hydrogen-bond acceptors (Lipinski definition) is 2. The van der Waals surface area contributed by atoms with E-state index in [0.29, 0.717) is 11.7 Å². The second-order valence-corrected chi connectivity index (χ2v) is 4.58. The van der Waals surface area contributed by atoms with Crippen molar-refractivity contribution in [1.82, 2.24) is 0 Å². The summed E-state index contributed by atoms with van der Waals surface area (Å²) in [5.74, 6) is 1.28. The predicted octanol–water partition coefficient (Wildman–Crippen LogP) is 1.41. The molecule has 0 radical (unpaired) electrons. The fraction of sp³-hybridized carbons (Fsp3) is 0.714. The molecule has 0 aliphatic heterocycles. The van der Waals surface area contributed by atoms with Crippen molar-refractivity contribution in [2.75, 3.05) is 0 Å². The molecule has 68 valence electrons. The van der Waals surface area contributed by atoms with Crippen LogP contribution in [0, 0.1) is 11.8 Å². The smallest absolute Gasteiger partial charge is 0.409 e. The van der Waals surface area contributed by atoms with E-state index in [9.17, 15) is 4.57 Å². The molecule has 0 amide bonds. The Morgan fingerprint density at radius 3 is 2.67 bits per heavy atom. The van der Waals surface area contributed by atoms with Crippen molar-refractivity contribution >= 4 is 7.82 Å². The monoisotopic (exact) mass is 190 g/mol. The zero-order valence-corrected chi connectivity index (χ0v) is 7.41. The summed E-state index contributed by atoms with van der Waals surface area (Å²) in [5.41, 5.74) is 0. The van der Waals surface area contributed by atoms with E-state index in [1.807, 2.05) is 6.08 Å². The van der Waals surface area contributed by atoms with Crippen LogP contribution < -0.4 is 0 Å². The lowest BCUT2D eigenvalue weighted by molar-refractivity contribution is 0.223. The number of rotatable bonds is 2. The van der Waals surface area contributed by atoms with Crippen LogP contribution >= 0.6 is 7.82 Å². The van der Waals surface area contributed by atoms with E-state index < -0.39 is 7.82 Å². The maximum Gasteiger partial charge on any atom is 0.524 e. The topological polar surface area (TPSA) is 66.8 Å². The number of phosphoric ester groups is 1. The van der Waals surface area contributed by atoms with Crippen LogP contribution in [0.15, 0.2) is 11.8 Å². The predicted molar refractivity (Wildman–Crippen MR) is 42.0 cm³/mol. The Morgan fingerprint density at radius 1 is 1.50 bits per heavy atom. The van der Waals surface area contributed by atoms with E-state index in [1.165, 1.54) is 0 Å². The first-order chi connectivity index (χ1) is 5.54. The molecule has 2 unspecified atom stereocenters. The minimum Gasteiger partial charge on any atom is -0.409 e. The minimum atomic E-state index is -4.31. The molecule has 0 aromatic heterocycles. The molecule has 12 heavy (non-hydrogen) atoms. The van der Waals surface area contributed by atoms with Crippen LogP contribution in [0.1, 0.15) is 19.3 Å². The van der Waals surface area contributed by atoms with E-state index >= 15 is 0 Å². The summed E-state index contributed by atoms with van der Waals surface area (Å²) in [6, 6.07) is 0. The van der Waals surface area contributed by atoms with Gasteiger partial charge in [-0.05, 0) is 31.3 Å². The first-order valence-electron chi connectivity index (χ1n) is 4.01. The summed E-state index contributed by atoms with van der Waals surface area (Å²) in [7, 11) is -4.31. The fourth-order valence-electron chi connectivity index (χ4n) is 2.04. The number of fused-ring (bicyclic) bond motifs is 2. The molecule has 4 nitrogen and oxygen atoms in total. The van der Waals surface area contributed by atoms with Crippen LogP contribution in [-0.4, -0.2) is 9.79 Å². The first kappa shape index (κ1) is 8.30. The van der Waals surface area contributed by atoms with E-state index in [4.69, 9.17) is 9.79 Å². The molecule has 1 fully saturated rings. The van der Waals surface area contributed by atoms with Crippen molar-refractivity contribution in [2.24, 2.45) is 11.8 Å². The molecule has 0 saturated heterocycles. The molecule has 2 rings (SSSR count). The summed E-state index contributed by atoms with van der Waals surface area (Å²) in [4.78, 5) is 17.1. The van der Waals surface area contributed by atoms with Crippen LogP contribution in [0.3, 0.4) is 0 Å². The highest BCUT2D eigenvalue weighted by atomic mass is 31.2. The largest absolute Gasteiger partial charge is 0.524 e. The number of hydrogen-bond donors (Lipinski definition) is 2. The van der Waals surface area contributed by atoms with Gasteiger partial charge in [0.1, 0.15) is 5.76 Å². The van der Waals surface area contributed by atoms with Gasteiger partial charge in [0.2, 0.25) is 0 Å². The number of allylic oxidation sites excluding steroid dienone is 2. The fourth-order valence-corrected chi connectivity index (χ4v) is 2.52. The zero-order chi connectivity index (χ0) is 8.77. The van der Waals surface area contributed by atoms with Crippen molar-refractivity contribution in [2.45, 2.75) is 19.3 Å². The Morgan fingerprint density at radius 2 is 2.25 bits per heavy atom. The van der Waals surface area contributed by atoms with E-state index in [2.05, 4.69) is 4.52 Å². The van der Waals surface area contributed by atoms with Gasteiger partial charge in [0.05, 0.1) is 0 Å². The summed E-state index contributed by atoms with van der Waals surface area (Å²) in [5, 5.41) is 0. The van der Waals surface area contributed by atoms with E-state index in [0.717, 1.165) is 19.3 Å². The van der Waals surface area contributed by atoms with Crippen LogP contribution in [-0.2, 0) is 9.09 Å². The third-order valence-electron chi connectivity index (χ3n) is 2.50. The molecular formula is C7H11O4P. The van der Waals surface area contributed by atoms with Gasteiger partial charge >= 0.3 is 7.82 Å². The van der Waals surface area contributed by atoms with Crippen molar-refractivity contribution in [3.8, 4) is 0 Å². The lowest BCUT2D eigenvalue weighted by Crippen LogP contribution is -2.00. The van der Waals surface area contributed by atoms with Crippen LogP contribution in [0.5, 0.6) is 0 Å². The molecule has 2 aliphatic rings. The molecule has 5 heteroatoms. The Kier molecular flexibility index (Phi) is 1.79. The van der Waals surface area contributed by atoms with Gasteiger partial charge in [-0.15, -0.1) is 0 Å². The lowest BCUT2D eigenvalue weighted by Gasteiger charge is -2.14. The average molecular weight is 190 g/mol. The maximum atomic E-state index is 10.5. The maximum absolute atomic E-state index is 10.5. The zero-order valence-electron chi connectivity index (χ0n) is 6.51. The Labute approximate surface area is 70.5 Å². The van der Waals surface area contributed by atoms with Gasteiger partial charge in [0, 0.05) is 5.92 Å². The highest BCUT2D eigenvalue weighted by Gasteiger charge is 2.36. The molecule has 0 spiro atoms. The first-order valence-corrected chi connectivity index (χ1v) is 5.54. The van der Waals surface area contributed by atoms with Gasteiger partial charge in [-0.25, -0.2) is 4.57 Å². The summed E-state index contributed by atoms with van der Waals surface area (Å²) >= 11 is 0. The van der Waals surface area contributed by atoms with Crippen LogP contribution in [0.25, 0.3) is 0 Å². The Bertz CT molecular complexity index is 267. The SMILES string of the molecule is O=P(O)(O)OC1=CC2CCC1C2. The molecule has 0 aromatic rings. The van der Waals surface area contributed by atoms with Crippen molar-refractivity contribution in [1.29, 1.82) is 0 Å². The highest BCUT2D eigenvalue weighted by molar-refractivity contribution is 7.46. The van der Waals surface area contributed by atoms with Gasteiger partial charge in [0.15, 0.2) is 0 Å². The quantitative estimate of drug-likeness (QED) is 0.646. The van der Waals surface area contributed by atoms with Crippen molar-refractivity contribution in [3.05, 3.63) is 11.8 Å². The second kappa shape index (κ2) is 2.59. The normalized spacial score (nSPS) is 33.7. The van der Waals surface area contributed by atoms with E-state index in [1.54, 1.807) is 0 Å².